The Bertz CT molecular complexity index is 331. The Morgan fingerprint density at radius 1 is 1.28 bits per heavy atom. The number of urea groups is 1. The SMILES string of the molecule is CC1CCC(NC(=O)NC(=O)COCC(=O)O)C1. The van der Waals surface area contributed by atoms with Crippen molar-refractivity contribution in [2.75, 3.05) is 13.2 Å². The number of imide groups is 1. The molecule has 0 aliphatic heterocycles. The molecule has 18 heavy (non-hydrogen) atoms. The van der Waals surface area contributed by atoms with E-state index in [9.17, 15) is 14.4 Å². The highest BCUT2D eigenvalue weighted by Gasteiger charge is 2.23. The second kappa shape index (κ2) is 6.95. The Balaban J connectivity index is 2.15. The van der Waals surface area contributed by atoms with E-state index in [1.54, 1.807) is 0 Å². The molecule has 1 saturated carbocycles. The third-order valence-corrected chi connectivity index (χ3v) is 2.74. The topological polar surface area (TPSA) is 105 Å². The van der Waals surface area contributed by atoms with Gasteiger partial charge in [-0.2, -0.15) is 0 Å². The number of carbonyl (C=O) groups excluding carboxylic acids is 2. The molecule has 3 amide bonds. The molecular weight excluding hydrogens is 240 g/mol. The van der Waals surface area contributed by atoms with Crippen molar-refractivity contribution in [3.63, 3.8) is 0 Å². The molecule has 0 bridgehead atoms. The van der Waals surface area contributed by atoms with Crippen LogP contribution in [0.2, 0.25) is 0 Å². The second-order valence-electron chi connectivity index (χ2n) is 4.52. The summed E-state index contributed by atoms with van der Waals surface area (Å²) in [7, 11) is 0. The van der Waals surface area contributed by atoms with Crippen LogP contribution >= 0.6 is 0 Å². The van der Waals surface area contributed by atoms with Gasteiger partial charge in [0.25, 0.3) is 5.91 Å². The van der Waals surface area contributed by atoms with Gasteiger partial charge in [-0.3, -0.25) is 10.1 Å². The van der Waals surface area contributed by atoms with E-state index < -0.39 is 31.1 Å². The molecule has 2 atom stereocenters. The molecule has 1 fully saturated rings. The van der Waals surface area contributed by atoms with E-state index in [4.69, 9.17) is 5.11 Å². The first-order valence-corrected chi connectivity index (χ1v) is 5.87. The number of rotatable bonds is 5. The molecule has 1 aliphatic carbocycles. The van der Waals surface area contributed by atoms with Gasteiger partial charge in [-0.25, -0.2) is 9.59 Å². The van der Waals surface area contributed by atoms with Gasteiger partial charge >= 0.3 is 12.0 Å². The van der Waals surface area contributed by atoms with Crippen LogP contribution in [0.15, 0.2) is 0 Å². The average molecular weight is 258 g/mol. The van der Waals surface area contributed by atoms with E-state index in [2.05, 4.69) is 22.3 Å². The van der Waals surface area contributed by atoms with Crippen LogP contribution < -0.4 is 10.6 Å². The van der Waals surface area contributed by atoms with E-state index in [1.807, 2.05) is 0 Å². The zero-order valence-corrected chi connectivity index (χ0v) is 10.3. The van der Waals surface area contributed by atoms with Crippen LogP contribution in [-0.4, -0.2) is 42.3 Å². The molecule has 0 radical (unpaired) electrons. The van der Waals surface area contributed by atoms with Gasteiger partial charge in [-0.05, 0) is 25.2 Å². The van der Waals surface area contributed by atoms with Crippen molar-refractivity contribution < 1.29 is 24.2 Å². The van der Waals surface area contributed by atoms with Crippen LogP contribution in [0.3, 0.4) is 0 Å². The fourth-order valence-electron chi connectivity index (χ4n) is 1.95. The number of carboxylic acid groups (broad SMARTS) is 1. The Morgan fingerprint density at radius 3 is 2.56 bits per heavy atom. The van der Waals surface area contributed by atoms with E-state index in [0.29, 0.717) is 5.92 Å². The van der Waals surface area contributed by atoms with Gasteiger partial charge in [0.1, 0.15) is 13.2 Å². The van der Waals surface area contributed by atoms with Crippen molar-refractivity contribution in [2.24, 2.45) is 5.92 Å². The third-order valence-electron chi connectivity index (χ3n) is 2.74. The van der Waals surface area contributed by atoms with Gasteiger partial charge in [0.15, 0.2) is 0 Å². The molecule has 0 spiro atoms. The molecule has 1 rings (SSSR count). The smallest absolute Gasteiger partial charge is 0.329 e. The van der Waals surface area contributed by atoms with Crippen LogP contribution in [0.5, 0.6) is 0 Å². The molecule has 0 saturated heterocycles. The summed E-state index contributed by atoms with van der Waals surface area (Å²) >= 11 is 0. The fraction of sp³-hybridized carbons (Fsp3) is 0.727. The van der Waals surface area contributed by atoms with Crippen molar-refractivity contribution in [2.45, 2.75) is 32.2 Å². The van der Waals surface area contributed by atoms with Crippen LogP contribution in [0.1, 0.15) is 26.2 Å². The predicted molar refractivity (Wildman–Crippen MR) is 61.9 cm³/mol. The molecule has 0 heterocycles. The lowest BCUT2D eigenvalue weighted by atomic mass is 10.1. The monoisotopic (exact) mass is 258 g/mol. The fourth-order valence-corrected chi connectivity index (χ4v) is 1.95. The molecule has 102 valence electrons. The normalized spacial score (nSPS) is 22.5. The van der Waals surface area contributed by atoms with Gasteiger partial charge in [0, 0.05) is 6.04 Å². The molecule has 1 aliphatic rings. The molecule has 7 heteroatoms. The quantitative estimate of drug-likeness (QED) is 0.648. The van der Waals surface area contributed by atoms with Gasteiger partial charge in [0.2, 0.25) is 0 Å². The number of nitrogens with one attached hydrogen (secondary N) is 2. The molecule has 7 nitrogen and oxygen atoms in total. The van der Waals surface area contributed by atoms with Crippen LogP contribution in [0.25, 0.3) is 0 Å². The zero-order chi connectivity index (χ0) is 13.5. The number of ether oxygens (including phenoxy) is 1. The Kier molecular flexibility index (Phi) is 5.57. The summed E-state index contributed by atoms with van der Waals surface area (Å²) in [6, 6.07) is -0.453. The minimum absolute atomic E-state index is 0.104. The maximum absolute atomic E-state index is 11.4. The summed E-state index contributed by atoms with van der Waals surface area (Å²) in [5.74, 6) is -1.23. The lowest BCUT2D eigenvalue weighted by Gasteiger charge is -2.12. The first-order chi connectivity index (χ1) is 8.47. The van der Waals surface area contributed by atoms with E-state index in [-0.39, 0.29) is 6.04 Å². The van der Waals surface area contributed by atoms with Crippen molar-refractivity contribution in [3.05, 3.63) is 0 Å². The highest BCUT2D eigenvalue weighted by molar-refractivity contribution is 5.95. The number of amides is 3. The lowest BCUT2D eigenvalue weighted by molar-refractivity contribution is -0.143. The molecule has 2 unspecified atom stereocenters. The maximum atomic E-state index is 11.4. The highest BCUT2D eigenvalue weighted by Crippen LogP contribution is 2.24. The molecule has 0 aromatic carbocycles. The average Bonchev–Trinajstić information content (AvgIpc) is 2.62. The summed E-state index contributed by atoms with van der Waals surface area (Å²) in [5.41, 5.74) is 0. The zero-order valence-electron chi connectivity index (χ0n) is 10.3. The Hall–Kier alpha value is -1.63. The Labute approximate surface area is 105 Å². The van der Waals surface area contributed by atoms with Gasteiger partial charge in [-0.15, -0.1) is 0 Å². The van der Waals surface area contributed by atoms with Gasteiger partial charge in [0.05, 0.1) is 0 Å². The van der Waals surface area contributed by atoms with Crippen molar-refractivity contribution in [3.8, 4) is 0 Å². The standard InChI is InChI=1S/C11H18N2O5/c1-7-2-3-8(4-7)12-11(17)13-9(14)5-18-6-10(15)16/h7-8H,2-6H2,1H3,(H,15,16)(H2,12,13,14,17). The summed E-state index contributed by atoms with van der Waals surface area (Å²) in [6.45, 7) is 1.11. The van der Waals surface area contributed by atoms with Crippen molar-refractivity contribution >= 4 is 17.9 Å². The number of hydrogen-bond acceptors (Lipinski definition) is 4. The number of hydrogen-bond donors (Lipinski definition) is 3. The van der Waals surface area contributed by atoms with Crippen LogP contribution in [0.4, 0.5) is 4.79 Å². The Morgan fingerprint density at radius 2 is 2.00 bits per heavy atom. The van der Waals surface area contributed by atoms with Gasteiger partial charge in [-0.1, -0.05) is 6.92 Å². The number of carbonyl (C=O) groups is 3. The summed E-state index contributed by atoms with van der Waals surface area (Å²) < 4.78 is 4.55. The van der Waals surface area contributed by atoms with Crippen molar-refractivity contribution in [1.82, 2.24) is 10.6 Å². The van der Waals surface area contributed by atoms with E-state index in [1.165, 1.54) is 0 Å². The largest absolute Gasteiger partial charge is 0.480 e. The molecule has 3 N–H and O–H groups in total. The molecule has 0 aromatic heterocycles. The second-order valence-corrected chi connectivity index (χ2v) is 4.52. The van der Waals surface area contributed by atoms with E-state index in [0.717, 1.165) is 19.3 Å². The minimum atomic E-state index is -1.16. The summed E-state index contributed by atoms with van der Waals surface area (Å²) in [4.78, 5) is 32.7. The van der Waals surface area contributed by atoms with Gasteiger partial charge < -0.3 is 15.2 Å². The first-order valence-electron chi connectivity index (χ1n) is 5.87. The van der Waals surface area contributed by atoms with Crippen molar-refractivity contribution in [1.29, 1.82) is 0 Å². The predicted octanol–water partition coefficient (Wildman–Crippen LogP) is 0.102. The first kappa shape index (κ1) is 14.4. The van der Waals surface area contributed by atoms with Crippen LogP contribution in [-0.2, 0) is 14.3 Å². The summed E-state index contributed by atoms with van der Waals surface area (Å²) in [6.07, 6.45) is 2.90. The summed E-state index contributed by atoms with van der Waals surface area (Å²) in [5, 5.41) is 13.1. The maximum Gasteiger partial charge on any atom is 0.329 e. The number of aliphatic carboxylic acids is 1. The molecular formula is C11H18N2O5. The van der Waals surface area contributed by atoms with Crippen LogP contribution in [0, 0.1) is 5.92 Å². The third kappa shape index (κ3) is 5.62. The minimum Gasteiger partial charge on any atom is -0.480 e. The van der Waals surface area contributed by atoms with E-state index >= 15 is 0 Å². The number of carboxylic acids is 1. The molecule has 0 aromatic rings. The highest BCUT2D eigenvalue weighted by atomic mass is 16.5. The lowest BCUT2D eigenvalue weighted by Crippen LogP contribution is -2.45.